The summed E-state index contributed by atoms with van der Waals surface area (Å²) in [6.45, 7) is 7.89. The Bertz CT molecular complexity index is 295. The molecule has 0 bridgehead atoms. The van der Waals surface area contributed by atoms with Crippen molar-refractivity contribution in [3.8, 4) is 0 Å². The summed E-state index contributed by atoms with van der Waals surface area (Å²) in [5.41, 5.74) is 0.253. The number of aliphatic hydroxyl groups is 2. The molecule has 0 rings (SSSR count). The van der Waals surface area contributed by atoms with E-state index in [1.54, 1.807) is 0 Å². The lowest BCUT2D eigenvalue weighted by atomic mass is 10.1. The van der Waals surface area contributed by atoms with Crippen molar-refractivity contribution in [3.63, 3.8) is 0 Å². The highest BCUT2D eigenvalue weighted by Crippen LogP contribution is 2.08. The molecule has 0 fully saturated rings. The fourth-order valence-electron chi connectivity index (χ4n) is 0.604. The number of hydrogen-bond donors (Lipinski definition) is 2. The maximum atomic E-state index is 10.6. The number of aliphatic hydroxyl groups excluding tert-OH is 2. The summed E-state index contributed by atoms with van der Waals surface area (Å²) in [6, 6.07) is 0. The predicted molar refractivity (Wildman–Crippen MR) is 51.4 cm³/mol. The zero-order valence-corrected chi connectivity index (χ0v) is 7.45. The molecule has 0 aliphatic rings. The van der Waals surface area contributed by atoms with E-state index in [1.165, 1.54) is 19.1 Å². The van der Waals surface area contributed by atoms with E-state index < -0.39 is 11.5 Å². The van der Waals surface area contributed by atoms with Crippen LogP contribution in [0.25, 0.3) is 0 Å². The molecular weight excluding hydrogens is 168 g/mol. The normalized spacial score (nSPS) is 12.4. The fourth-order valence-corrected chi connectivity index (χ4v) is 0.604. The first kappa shape index (κ1) is 11.2. The number of Topliss-reactive ketones (excluding diaryl/α,β-unsaturated/α-hetero) is 1. The molecule has 0 aromatic carbocycles. The van der Waals surface area contributed by atoms with Crippen molar-refractivity contribution in [1.82, 2.24) is 0 Å². The number of carbonyl (C=O) groups excluding carboxylic acids is 1. The molecule has 0 aromatic heterocycles. The number of carbonyl (C=O) groups is 1. The van der Waals surface area contributed by atoms with Crippen LogP contribution >= 0.6 is 0 Å². The lowest BCUT2D eigenvalue weighted by Gasteiger charge is -1.98. The van der Waals surface area contributed by atoms with Crippen molar-refractivity contribution < 1.29 is 15.0 Å². The summed E-state index contributed by atoms with van der Waals surface area (Å²) in [7, 11) is 0. The summed E-state index contributed by atoms with van der Waals surface area (Å²) in [5, 5.41) is 18.1. The second-order valence-corrected chi connectivity index (χ2v) is 2.39. The van der Waals surface area contributed by atoms with Gasteiger partial charge in [-0.3, -0.25) is 4.79 Å². The van der Waals surface area contributed by atoms with Gasteiger partial charge < -0.3 is 10.2 Å². The van der Waals surface area contributed by atoms with Crippen LogP contribution < -0.4 is 0 Å². The second kappa shape index (κ2) is 4.98. The molecule has 0 aliphatic carbocycles. The van der Waals surface area contributed by atoms with Gasteiger partial charge >= 0.3 is 0 Å². The lowest BCUT2D eigenvalue weighted by molar-refractivity contribution is -0.115. The first-order chi connectivity index (χ1) is 5.99. The Morgan fingerprint density at radius 1 is 1.38 bits per heavy atom. The van der Waals surface area contributed by atoms with Crippen LogP contribution in [0, 0.1) is 0 Å². The Kier molecular flexibility index (Phi) is 4.30. The maximum Gasteiger partial charge on any atom is 0.194 e. The van der Waals surface area contributed by atoms with Gasteiger partial charge in [-0.2, -0.15) is 0 Å². The quantitative estimate of drug-likeness (QED) is 0.396. The van der Waals surface area contributed by atoms with E-state index in [-0.39, 0.29) is 11.3 Å². The molecule has 3 nitrogen and oxygen atoms in total. The van der Waals surface area contributed by atoms with Crippen LogP contribution in [0.5, 0.6) is 0 Å². The minimum Gasteiger partial charge on any atom is -0.508 e. The summed E-state index contributed by atoms with van der Waals surface area (Å²) in [6.07, 6.45) is 3.98. The van der Waals surface area contributed by atoms with Gasteiger partial charge in [-0.05, 0) is 6.08 Å². The lowest BCUT2D eigenvalue weighted by Crippen LogP contribution is -1.96. The van der Waals surface area contributed by atoms with E-state index in [9.17, 15) is 4.79 Å². The molecule has 0 atom stereocenters. The average molecular weight is 180 g/mol. The second-order valence-electron chi connectivity index (χ2n) is 2.39. The molecule has 70 valence electrons. The van der Waals surface area contributed by atoms with Gasteiger partial charge in [-0.25, -0.2) is 0 Å². The minimum atomic E-state index is -0.476. The van der Waals surface area contributed by atoms with Crippen molar-refractivity contribution in [3.05, 3.63) is 48.5 Å². The Hall–Kier alpha value is -1.77. The van der Waals surface area contributed by atoms with Gasteiger partial charge in [0.25, 0.3) is 0 Å². The van der Waals surface area contributed by atoms with Crippen molar-refractivity contribution in [1.29, 1.82) is 0 Å². The van der Waals surface area contributed by atoms with Crippen LogP contribution in [0.15, 0.2) is 48.5 Å². The van der Waals surface area contributed by atoms with E-state index in [1.807, 2.05) is 0 Å². The highest BCUT2D eigenvalue weighted by Gasteiger charge is 2.02. The van der Waals surface area contributed by atoms with Crippen LogP contribution in [-0.4, -0.2) is 16.0 Å². The van der Waals surface area contributed by atoms with Gasteiger partial charge in [-0.1, -0.05) is 25.3 Å². The van der Waals surface area contributed by atoms with Crippen LogP contribution in [0.3, 0.4) is 0 Å². The molecule has 0 aliphatic heterocycles. The molecule has 0 saturated carbocycles. The van der Waals surface area contributed by atoms with Crippen LogP contribution in [-0.2, 0) is 4.79 Å². The van der Waals surface area contributed by atoms with E-state index in [0.29, 0.717) is 0 Å². The Morgan fingerprint density at radius 3 is 2.23 bits per heavy atom. The van der Waals surface area contributed by atoms with Gasteiger partial charge in [0.1, 0.15) is 5.76 Å². The highest BCUT2D eigenvalue weighted by atomic mass is 16.3. The fraction of sp³-hybridized carbons (Fsp3) is 0.100. The molecule has 0 unspecified atom stereocenters. The number of allylic oxidation sites excluding steroid dienone is 4. The van der Waals surface area contributed by atoms with E-state index >= 15 is 0 Å². The zero-order chi connectivity index (χ0) is 10.4. The van der Waals surface area contributed by atoms with Gasteiger partial charge in [0.15, 0.2) is 11.5 Å². The SMILES string of the molecule is C=C/C=C(/C=C(\O)C(C)=O)C(=C)O. The van der Waals surface area contributed by atoms with Gasteiger partial charge in [-0.15, -0.1) is 0 Å². The molecular formula is C10H12O3. The first-order valence-corrected chi connectivity index (χ1v) is 3.61. The summed E-state index contributed by atoms with van der Waals surface area (Å²) >= 11 is 0. The van der Waals surface area contributed by atoms with Gasteiger partial charge in [0.2, 0.25) is 0 Å². The van der Waals surface area contributed by atoms with Gasteiger partial charge in [0, 0.05) is 12.5 Å². The van der Waals surface area contributed by atoms with E-state index in [2.05, 4.69) is 13.2 Å². The molecule has 0 aromatic rings. The van der Waals surface area contributed by atoms with Crippen molar-refractivity contribution in [2.45, 2.75) is 6.92 Å². The van der Waals surface area contributed by atoms with E-state index in [4.69, 9.17) is 10.2 Å². The minimum absolute atomic E-state index is 0.229. The Labute approximate surface area is 77.0 Å². The summed E-state index contributed by atoms with van der Waals surface area (Å²) < 4.78 is 0. The topological polar surface area (TPSA) is 57.5 Å². The molecule has 0 radical (unpaired) electrons. The molecule has 0 amide bonds. The summed E-state index contributed by atoms with van der Waals surface area (Å²) in [5.74, 6) is -1.13. The zero-order valence-electron chi connectivity index (χ0n) is 7.45. The molecule has 0 saturated heterocycles. The monoisotopic (exact) mass is 180 g/mol. The predicted octanol–water partition coefficient (Wildman–Crippen LogP) is 2.20. The smallest absolute Gasteiger partial charge is 0.194 e. The number of ketones is 1. The third-order valence-electron chi connectivity index (χ3n) is 1.28. The van der Waals surface area contributed by atoms with Gasteiger partial charge in [0.05, 0.1) is 0 Å². The van der Waals surface area contributed by atoms with E-state index in [0.717, 1.165) is 6.08 Å². The standard InChI is InChI=1S/C10H12O3/c1-4-5-9(7(2)11)6-10(13)8(3)12/h4-6,11,13H,1-2H2,3H3/b9-5-,10-6-. The van der Waals surface area contributed by atoms with Crippen LogP contribution in [0.1, 0.15) is 6.92 Å². The number of hydrogen-bond acceptors (Lipinski definition) is 3. The van der Waals surface area contributed by atoms with Crippen molar-refractivity contribution >= 4 is 5.78 Å². The molecule has 13 heavy (non-hydrogen) atoms. The van der Waals surface area contributed by atoms with Crippen LogP contribution in [0.4, 0.5) is 0 Å². The number of rotatable bonds is 4. The maximum absolute atomic E-state index is 10.6. The third-order valence-corrected chi connectivity index (χ3v) is 1.28. The molecule has 0 heterocycles. The highest BCUT2D eigenvalue weighted by molar-refractivity contribution is 5.91. The third kappa shape index (κ3) is 3.96. The first-order valence-electron chi connectivity index (χ1n) is 3.61. The summed E-state index contributed by atoms with van der Waals surface area (Å²) in [4.78, 5) is 10.6. The molecule has 3 heteroatoms. The Balaban J connectivity index is 4.91. The van der Waals surface area contributed by atoms with Crippen molar-refractivity contribution in [2.24, 2.45) is 0 Å². The Morgan fingerprint density at radius 2 is 1.92 bits per heavy atom. The average Bonchev–Trinajstić information content (AvgIpc) is 2.03. The van der Waals surface area contributed by atoms with Crippen molar-refractivity contribution in [2.75, 3.05) is 0 Å². The largest absolute Gasteiger partial charge is 0.508 e. The van der Waals surface area contributed by atoms with Crippen LogP contribution in [0.2, 0.25) is 0 Å². The molecule has 2 N–H and O–H groups in total. The molecule has 0 spiro atoms.